The van der Waals surface area contributed by atoms with Crippen molar-refractivity contribution in [3.8, 4) is 5.75 Å². The largest absolute Gasteiger partial charge is 0.487 e. The van der Waals surface area contributed by atoms with Crippen LogP contribution in [0.25, 0.3) is 0 Å². The summed E-state index contributed by atoms with van der Waals surface area (Å²) < 4.78 is 7.36. The first-order valence-electron chi connectivity index (χ1n) is 7.06. The van der Waals surface area contributed by atoms with E-state index in [4.69, 9.17) is 4.74 Å². The van der Waals surface area contributed by atoms with E-state index < -0.39 is 6.10 Å². The minimum absolute atomic E-state index is 0.172. The number of aliphatic hydroxyl groups is 1. The van der Waals surface area contributed by atoms with Crippen LogP contribution in [0, 0.1) is 5.41 Å². The number of halogens is 1. The summed E-state index contributed by atoms with van der Waals surface area (Å²) >= 11 is 3.48. The lowest BCUT2D eigenvalue weighted by molar-refractivity contribution is -0.0677. The number of benzene rings is 1. The molecule has 1 saturated carbocycles. The first kappa shape index (κ1) is 13.4. The van der Waals surface area contributed by atoms with Crippen LogP contribution in [0.5, 0.6) is 5.75 Å². The van der Waals surface area contributed by atoms with Gasteiger partial charge < -0.3 is 9.84 Å². The van der Waals surface area contributed by atoms with E-state index in [1.54, 1.807) is 0 Å². The molecule has 0 bridgehead atoms. The first-order valence-corrected chi connectivity index (χ1v) is 7.85. The highest BCUT2D eigenvalue weighted by Gasteiger charge is 2.46. The van der Waals surface area contributed by atoms with Crippen molar-refractivity contribution in [3.63, 3.8) is 0 Å². The van der Waals surface area contributed by atoms with Gasteiger partial charge >= 0.3 is 0 Å². The van der Waals surface area contributed by atoms with Gasteiger partial charge in [0.05, 0.1) is 6.10 Å². The van der Waals surface area contributed by atoms with E-state index in [2.05, 4.69) is 29.8 Å². The van der Waals surface area contributed by atoms with Gasteiger partial charge in [0.25, 0.3) is 0 Å². The van der Waals surface area contributed by atoms with E-state index in [1.807, 2.05) is 18.2 Å². The van der Waals surface area contributed by atoms with Gasteiger partial charge in [0.1, 0.15) is 11.4 Å². The fraction of sp³-hybridized carbons (Fsp3) is 0.625. The summed E-state index contributed by atoms with van der Waals surface area (Å²) in [6, 6.07) is 5.92. The van der Waals surface area contributed by atoms with Crippen LogP contribution >= 0.6 is 15.9 Å². The third kappa shape index (κ3) is 2.55. The second-order valence-corrected chi connectivity index (χ2v) is 7.80. The minimum Gasteiger partial charge on any atom is -0.487 e. The number of ether oxygens (including phenoxy) is 1. The van der Waals surface area contributed by atoms with E-state index in [0.717, 1.165) is 35.0 Å². The molecule has 0 radical (unpaired) electrons. The molecule has 1 aliphatic carbocycles. The number of aliphatic hydroxyl groups excluding tert-OH is 1. The average Bonchev–Trinajstić information content (AvgIpc) is 2.25. The Balaban J connectivity index is 1.95. The molecule has 2 aliphatic rings. The van der Waals surface area contributed by atoms with Crippen LogP contribution < -0.4 is 4.74 Å². The van der Waals surface area contributed by atoms with E-state index in [1.165, 1.54) is 12.8 Å². The highest BCUT2D eigenvalue weighted by molar-refractivity contribution is 9.10. The van der Waals surface area contributed by atoms with Crippen molar-refractivity contribution in [1.29, 1.82) is 0 Å². The van der Waals surface area contributed by atoms with Crippen molar-refractivity contribution in [1.82, 2.24) is 0 Å². The molecule has 2 atom stereocenters. The van der Waals surface area contributed by atoms with Crippen LogP contribution in [0.3, 0.4) is 0 Å². The third-order valence-corrected chi connectivity index (χ3v) is 5.01. The molecule has 0 saturated heterocycles. The van der Waals surface area contributed by atoms with Crippen LogP contribution in [0.4, 0.5) is 0 Å². The fourth-order valence-corrected chi connectivity index (χ4v) is 4.15. The molecule has 1 aliphatic heterocycles. The molecule has 1 unspecified atom stereocenters. The maximum atomic E-state index is 10.4. The van der Waals surface area contributed by atoms with E-state index in [-0.39, 0.29) is 5.60 Å². The molecule has 2 nitrogen and oxygen atoms in total. The average molecular weight is 325 g/mol. The zero-order valence-corrected chi connectivity index (χ0v) is 13.2. The molecule has 0 aromatic heterocycles. The molecule has 104 valence electrons. The first-order chi connectivity index (χ1) is 8.89. The lowest BCUT2D eigenvalue weighted by Crippen LogP contribution is -2.47. The predicted octanol–water partition coefficient (Wildman–Crippen LogP) is 4.60. The zero-order valence-electron chi connectivity index (χ0n) is 11.6. The topological polar surface area (TPSA) is 29.5 Å². The number of rotatable bonds is 0. The van der Waals surface area contributed by atoms with Gasteiger partial charge in [-0.1, -0.05) is 35.8 Å². The second-order valence-electron chi connectivity index (χ2n) is 6.88. The monoisotopic (exact) mass is 324 g/mol. The van der Waals surface area contributed by atoms with Crippen LogP contribution in [0.1, 0.15) is 57.6 Å². The van der Waals surface area contributed by atoms with Gasteiger partial charge in [-0.15, -0.1) is 0 Å². The SMILES string of the molecule is CC1(C)CCCC2(C[C@@H](O)c3ccc(Br)cc3O2)C1. The molecule has 3 heteroatoms. The van der Waals surface area contributed by atoms with Gasteiger partial charge in [0.2, 0.25) is 0 Å². The standard InChI is InChI=1S/C16H21BrO2/c1-15(2)6-3-7-16(10-15)9-13(18)12-5-4-11(17)8-14(12)19-16/h4-5,8,13,18H,3,6-7,9-10H2,1-2H3/t13-,16?/m1/s1. The molecule has 1 heterocycles. The summed E-state index contributed by atoms with van der Waals surface area (Å²) in [4.78, 5) is 0. The summed E-state index contributed by atoms with van der Waals surface area (Å²) in [5, 5.41) is 10.4. The van der Waals surface area contributed by atoms with Gasteiger partial charge in [-0.05, 0) is 43.2 Å². The Morgan fingerprint density at radius 3 is 2.84 bits per heavy atom. The molecule has 0 amide bonds. The molecule has 1 fully saturated rings. The van der Waals surface area contributed by atoms with Gasteiger partial charge in [-0.3, -0.25) is 0 Å². The molecule has 19 heavy (non-hydrogen) atoms. The molecular formula is C16H21BrO2. The van der Waals surface area contributed by atoms with Crippen molar-refractivity contribution >= 4 is 15.9 Å². The number of hydrogen-bond acceptors (Lipinski definition) is 2. The Kier molecular flexibility index (Phi) is 3.18. The molecular weight excluding hydrogens is 304 g/mol. The zero-order chi connectivity index (χ0) is 13.7. The molecule has 1 spiro atoms. The quantitative estimate of drug-likeness (QED) is 0.755. The van der Waals surface area contributed by atoms with Crippen molar-refractivity contribution in [3.05, 3.63) is 28.2 Å². The minimum atomic E-state index is -0.397. The van der Waals surface area contributed by atoms with Crippen molar-refractivity contribution < 1.29 is 9.84 Å². The number of fused-ring (bicyclic) bond motifs is 1. The van der Waals surface area contributed by atoms with Gasteiger partial charge in [-0.25, -0.2) is 0 Å². The van der Waals surface area contributed by atoms with Crippen LogP contribution in [0.15, 0.2) is 22.7 Å². The van der Waals surface area contributed by atoms with E-state index in [9.17, 15) is 5.11 Å². The fourth-order valence-electron chi connectivity index (χ4n) is 3.81. The van der Waals surface area contributed by atoms with Crippen molar-refractivity contribution in [2.75, 3.05) is 0 Å². The van der Waals surface area contributed by atoms with Gasteiger partial charge in [0, 0.05) is 16.5 Å². The second kappa shape index (κ2) is 4.49. The van der Waals surface area contributed by atoms with Crippen molar-refractivity contribution in [2.24, 2.45) is 5.41 Å². The van der Waals surface area contributed by atoms with Crippen LogP contribution in [-0.4, -0.2) is 10.7 Å². The Morgan fingerprint density at radius 2 is 2.11 bits per heavy atom. The van der Waals surface area contributed by atoms with Crippen LogP contribution in [0.2, 0.25) is 0 Å². The predicted molar refractivity (Wildman–Crippen MR) is 79.3 cm³/mol. The van der Waals surface area contributed by atoms with Gasteiger partial charge in [-0.2, -0.15) is 0 Å². The van der Waals surface area contributed by atoms with E-state index >= 15 is 0 Å². The summed E-state index contributed by atoms with van der Waals surface area (Å²) in [5.74, 6) is 0.853. The number of hydrogen-bond donors (Lipinski definition) is 1. The Labute approximate surface area is 123 Å². The molecule has 3 rings (SSSR count). The summed E-state index contributed by atoms with van der Waals surface area (Å²) in [6.07, 6.45) is 4.85. The normalized spacial score (nSPS) is 32.7. The smallest absolute Gasteiger partial charge is 0.127 e. The Morgan fingerprint density at radius 1 is 1.32 bits per heavy atom. The van der Waals surface area contributed by atoms with Crippen molar-refractivity contribution in [2.45, 2.75) is 57.7 Å². The Bertz CT molecular complexity index is 498. The Hall–Kier alpha value is -0.540. The maximum absolute atomic E-state index is 10.4. The third-order valence-electron chi connectivity index (χ3n) is 4.51. The lowest BCUT2D eigenvalue weighted by Gasteiger charge is -2.48. The summed E-state index contributed by atoms with van der Waals surface area (Å²) in [5.41, 5.74) is 1.06. The lowest BCUT2D eigenvalue weighted by atomic mass is 9.67. The molecule has 1 N–H and O–H groups in total. The summed E-state index contributed by atoms with van der Waals surface area (Å²) in [7, 11) is 0. The van der Waals surface area contributed by atoms with Crippen LogP contribution in [-0.2, 0) is 0 Å². The molecule has 1 aromatic rings. The highest BCUT2D eigenvalue weighted by atomic mass is 79.9. The maximum Gasteiger partial charge on any atom is 0.127 e. The molecule has 1 aromatic carbocycles. The van der Waals surface area contributed by atoms with E-state index in [0.29, 0.717) is 5.41 Å². The highest BCUT2D eigenvalue weighted by Crippen LogP contribution is 2.51. The summed E-state index contributed by atoms with van der Waals surface area (Å²) in [6.45, 7) is 4.61. The van der Waals surface area contributed by atoms with Gasteiger partial charge in [0.15, 0.2) is 0 Å².